The average molecular weight is 279 g/mol. The van der Waals surface area contributed by atoms with Crippen molar-refractivity contribution in [3.8, 4) is 0 Å². The minimum Gasteiger partial charge on any atom is -0.278 e. The Hall–Kier alpha value is -0.910. The third-order valence-electron chi connectivity index (χ3n) is 2.04. The van der Waals surface area contributed by atoms with Crippen LogP contribution in [0.1, 0.15) is 33.6 Å². The molecule has 0 aromatic carbocycles. The van der Waals surface area contributed by atoms with Crippen molar-refractivity contribution in [3.05, 3.63) is 0 Å². The molecule has 4 amide bonds. The van der Waals surface area contributed by atoms with E-state index in [2.05, 4.69) is 21.2 Å². The maximum atomic E-state index is 11.6. The van der Waals surface area contributed by atoms with Crippen LogP contribution in [0.15, 0.2) is 0 Å². The van der Waals surface area contributed by atoms with Gasteiger partial charge >= 0.3 is 6.03 Å². The van der Waals surface area contributed by atoms with Gasteiger partial charge in [-0.3, -0.25) is 20.2 Å². The summed E-state index contributed by atoms with van der Waals surface area (Å²) in [7, 11) is 0. The Bertz CT molecular complexity index is 275. The van der Waals surface area contributed by atoms with E-state index in [9.17, 15) is 14.4 Å². The molecule has 0 heterocycles. The van der Waals surface area contributed by atoms with E-state index < -0.39 is 22.2 Å². The lowest BCUT2D eigenvalue weighted by atomic mass is 10.0. The Morgan fingerprint density at radius 2 is 1.60 bits per heavy atom. The summed E-state index contributed by atoms with van der Waals surface area (Å²) >= 11 is 3.27. The molecule has 0 aromatic heterocycles. The number of carbonyl (C=O) groups excluding carboxylic acids is 3. The van der Waals surface area contributed by atoms with E-state index in [-0.39, 0.29) is 0 Å². The summed E-state index contributed by atoms with van der Waals surface area (Å²) in [6.45, 7) is 4.87. The molecule has 86 valence electrons. The van der Waals surface area contributed by atoms with Crippen molar-refractivity contribution in [1.29, 1.82) is 0 Å². The Labute approximate surface area is 97.1 Å². The van der Waals surface area contributed by atoms with Crippen LogP contribution in [-0.2, 0) is 9.59 Å². The van der Waals surface area contributed by atoms with Gasteiger partial charge in [-0.2, -0.15) is 0 Å². The molecule has 0 bridgehead atoms. The number of urea groups is 1. The molecular weight excluding hydrogens is 264 g/mol. The van der Waals surface area contributed by atoms with Crippen molar-refractivity contribution in [2.75, 3.05) is 0 Å². The maximum Gasteiger partial charge on any atom is 0.328 e. The van der Waals surface area contributed by atoms with Crippen molar-refractivity contribution in [2.24, 2.45) is 0 Å². The summed E-state index contributed by atoms with van der Waals surface area (Å²) in [6, 6.07) is -0.793. The SMILES string of the molecule is CCC(Br)(CC)C(=O)NC(=O)NC(C)=O. The summed E-state index contributed by atoms with van der Waals surface area (Å²) in [5.41, 5.74) is 0. The predicted molar refractivity (Wildman–Crippen MR) is 59.6 cm³/mol. The Kier molecular flexibility index (Phi) is 5.49. The van der Waals surface area contributed by atoms with Gasteiger partial charge in [0.2, 0.25) is 11.8 Å². The van der Waals surface area contributed by atoms with Crippen molar-refractivity contribution in [1.82, 2.24) is 10.6 Å². The van der Waals surface area contributed by atoms with Gasteiger partial charge in [0, 0.05) is 6.92 Å². The summed E-state index contributed by atoms with van der Waals surface area (Å²) < 4.78 is -0.749. The molecule has 0 aliphatic heterocycles. The molecule has 0 aliphatic carbocycles. The molecule has 0 aromatic rings. The van der Waals surface area contributed by atoms with Gasteiger partial charge in [-0.1, -0.05) is 29.8 Å². The first-order valence-corrected chi connectivity index (χ1v) is 5.47. The fourth-order valence-electron chi connectivity index (χ4n) is 0.977. The molecule has 0 fully saturated rings. The molecule has 0 saturated carbocycles. The topological polar surface area (TPSA) is 75.3 Å². The average Bonchev–Trinajstić information content (AvgIpc) is 2.15. The van der Waals surface area contributed by atoms with E-state index in [4.69, 9.17) is 0 Å². The second kappa shape index (κ2) is 5.85. The maximum absolute atomic E-state index is 11.6. The van der Waals surface area contributed by atoms with Gasteiger partial charge in [-0.15, -0.1) is 0 Å². The van der Waals surface area contributed by atoms with Crippen molar-refractivity contribution >= 4 is 33.8 Å². The molecule has 0 rings (SSSR count). The molecule has 2 N–H and O–H groups in total. The second-order valence-corrected chi connectivity index (χ2v) is 4.65. The molecule has 0 aliphatic rings. The first-order valence-electron chi connectivity index (χ1n) is 4.67. The van der Waals surface area contributed by atoms with Crippen LogP contribution in [0.25, 0.3) is 0 Å². The number of imide groups is 2. The number of hydrogen-bond acceptors (Lipinski definition) is 3. The number of amides is 4. The van der Waals surface area contributed by atoms with Gasteiger partial charge in [0.1, 0.15) is 4.32 Å². The highest BCUT2D eigenvalue weighted by molar-refractivity contribution is 9.10. The van der Waals surface area contributed by atoms with Gasteiger partial charge in [-0.25, -0.2) is 4.79 Å². The van der Waals surface area contributed by atoms with Crippen LogP contribution in [0.5, 0.6) is 0 Å². The van der Waals surface area contributed by atoms with Crippen LogP contribution < -0.4 is 10.6 Å². The minimum absolute atomic E-state index is 0.439. The van der Waals surface area contributed by atoms with Gasteiger partial charge in [-0.05, 0) is 12.8 Å². The van der Waals surface area contributed by atoms with Crippen LogP contribution in [0.3, 0.4) is 0 Å². The largest absolute Gasteiger partial charge is 0.328 e. The lowest BCUT2D eigenvalue weighted by Gasteiger charge is -2.22. The predicted octanol–water partition coefficient (Wildman–Crippen LogP) is 1.31. The fourth-order valence-corrected chi connectivity index (χ4v) is 1.08. The van der Waals surface area contributed by atoms with Crippen molar-refractivity contribution in [3.63, 3.8) is 0 Å². The van der Waals surface area contributed by atoms with Gasteiger partial charge in [0.15, 0.2) is 0 Å². The highest BCUT2D eigenvalue weighted by Crippen LogP contribution is 2.26. The molecule has 5 nitrogen and oxygen atoms in total. The summed E-state index contributed by atoms with van der Waals surface area (Å²) in [4.78, 5) is 33.2. The number of alkyl halides is 1. The van der Waals surface area contributed by atoms with E-state index in [0.717, 1.165) is 0 Å². The lowest BCUT2D eigenvalue weighted by molar-refractivity contribution is -0.122. The molecule has 0 saturated heterocycles. The zero-order valence-corrected chi connectivity index (χ0v) is 10.6. The minimum atomic E-state index is -0.793. The number of rotatable bonds is 3. The number of carbonyl (C=O) groups is 3. The first-order chi connectivity index (χ1) is 6.85. The van der Waals surface area contributed by atoms with Crippen molar-refractivity contribution < 1.29 is 14.4 Å². The van der Waals surface area contributed by atoms with Gasteiger partial charge < -0.3 is 0 Å². The lowest BCUT2D eigenvalue weighted by Crippen LogP contribution is -2.49. The van der Waals surface area contributed by atoms with Crippen LogP contribution in [-0.4, -0.2) is 22.2 Å². The zero-order chi connectivity index (χ0) is 12.1. The standard InChI is InChI=1S/C9H15BrN2O3/c1-4-9(10,5-2)7(14)12-8(15)11-6(3)13/h4-5H2,1-3H3,(H2,11,12,13,14,15). The van der Waals surface area contributed by atoms with E-state index in [1.807, 2.05) is 19.2 Å². The Morgan fingerprint density at radius 3 is 1.93 bits per heavy atom. The van der Waals surface area contributed by atoms with Crippen LogP contribution in [0.4, 0.5) is 4.79 Å². The summed E-state index contributed by atoms with van der Waals surface area (Å²) in [5.74, 6) is -0.945. The molecule has 0 unspecified atom stereocenters. The number of hydrogen-bond donors (Lipinski definition) is 2. The van der Waals surface area contributed by atoms with E-state index in [0.29, 0.717) is 12.8 Å². The third kappa shape index (κ3) is 4.42. The fraction of sp³-hybridized carbons (Fsp3) is 0.667. The van der Waals surface area contributed by atoms with Gasteiger partial charge in [0.25, 0.3) is 0 Å². The smallest absolute Gasteiger partial charge is 0.278 e. The van der Waals surface area contributed by atoms with Crippen LogP contribution in [0, 0.1) is 0 Å². The Balaban J connectivity index is 4.35. The monoisotopic (exact) mass is 278 g/mol. The highest BCUT2D eigenvalue weighted by atomic mass is 79.9. The van der Waals surface area contributed by atoms with E-state index >= 15 is 0 Å². The molecular formula is C9H15BrN2O3. The Morgan fingerprint density at radius 1 is 1.13 bits per heavy atom. The summed E-state index contributed by atoms with van der Waals surface area (Å²) in [6.07, 6.45) is 1.12. The highest BCUT2D eigenvalue weighted by Gasteiger charge is 2.32. The number of halogens is 1. The normalized spacial score (nSPS) is 10.7. The van der Waals surface area contributed by atoms with Gasteiger partial charge in [0.05, 0.1) is 0 Å². The van der Waals surface area contributed by atoms with Crippen molar-refractivity contribution in [2.45, 2.75) is 37.9 Å². The van der Waals surface area contributed by atoms with E-state index in [1.165, 1.54) is 6.92 Å². The van der Waals surface area contributed by atoms with Crippen LogP contribution in [0.2, 0.25) is 0 Å². The zero-order valence-electron chi connectivity index (χ0n) is 9.02. The number of nitrogens with one attached hydrogen (secondary N) is 2. The second-order valence-electron chi connectivity index (χ2n) is 3.14. The molecule has 0 spiro atoms. The quantitative estimate of drug-likeness (QED) is 0.765. The van der Waals surface area contributed by atoms with Crippen LogP contribution >= 0.6 is 15.9 Å². The molecule has 0 atom stereocenters. The molecule has 15 heavy (non-hydrogen) atoms. The molecule has 0 radical (unpaired) electrons. The first kappa shape index (κ1) is 14.1. The third-order valence-corrected chi connectivity index (χ3v) is 3.53. The summed E-state index contributed by atoms with van der Waals surface area (Å²) in [5, 5.41) is 4.06. The molecule has 6 heteroatoms. The van der Waals surface area contributed by atoms with E-state index in [1.54, 1.807) is 0 Å².